The number of thiophene rings is 1. The Morgan fingerprint density at radius 2 is 2.35 bits per heavy atom. The fourth-order valence-corrected chi connectivity index (χ4v) is 1.98. The topological polar surface area (TPSA) is 84.7 Å². The Balaban J connectivity index is 2.07. The van der Waals surface area contributed by atoms with Crippen LogP contribution in [0.5, 0.6) is 0 Å². The number of hydrogen-bond acceptors (Lipinski definition) is 6. The van der Waals surface area contributed by atoms with Gasteiger partial charge in [0.25, 0.3) is 11.4 Å². The van der Waals surface area contributed by atoms with E-state index in [1.165, 1.54) is 23.9 Å². The first-order chi connectivity index (χ1) is 8.34. The molecule has 1 N–H and O–H groups in total. The summed E-state index contributed by atoms with van der Waals surface area (Å²) in [5.74, 6) is 0.640. The zero-order valence-electron chi connectivity index (χ0n) is 8.45. The maximum Gasteiger partial charge on any atom is 0.265 e. The van der Waals surface area contributed by atoms with Gasteiger partial charge in [-0.2, -0.15) is 4.98 Å². The van der Waals surface area contributed by atoms with Crippen molar-refractivity contribution in [1.29, 1.82) is 0 Å². The molecule has 3 rings (SSSR count). The van der Waals surface area contributed by atoms with Gasteiger partial charge in [-0.3, -0.25) is 4.79 Å². The van der Waals surface area contributed by atoms with Gasteiger partial charge in [0, 0.05) is 6.20 Å². The van der Waals surface area contributed by atoms with Gasteiger partial charge in [0.1, 0.15) is 5.56 Å². The molecule has 0 spiro atoms. The molecule has 0 aliphatic carbocycles. The van der Waals surface area contributed by atoms with Crippen molar-refractivity contribution in [3.05, 3.63) is 40.4 Å². The number of nitrogens with one attached hydrogen (secondary N) is 1. The van der Waals surface area contributed by atoms with Crippen LogP contribution in [-0.4, -0.2) is 20.1 Å². The SMILES string of the molecule is O=c1[nH]cncc1-c1nc(-c2cccs2)no1. The Morgan fingerprint density at radius 1 is 1.41 bits per heavy atom. The predicted octanol–water partition coefficient (Wildman–Crippen LogP) is 1.55. The molecule has 3 aromatic rings. The van der Waals surface area contributed by atoms with Gasteiger partial charge in [-0.25, -0.2) is 4.98 Å². The minimum atomic E-state index is -0.304. The van der Waals surface area contributed by atoms with Crippen molar-refractivity contribution in [2.75, 3.05) is 0 Å². The first-order valence-corrected chi connectivity index (χ1v) is 5.63. The molecule has 6 nitrogen and oxygen atoms in total. The van der Waals surface area contributed by atoms with Gasteiger partial charge < -0.3 is 9.51 Å². The largest absolute Gasteiger partial charge is 0.333 e. The van der Waals surface area contributed by atoms with Gasteiger partial charge in [-0.1, -0.05) is 11.2 Å². The summed E-state index contributed by atoms with van der Waals surface area (Å²) in [5.41, 5.74) is -0.0378. The van der Waals surface area contributed by atoms with Crippen LogP contribution < -0.4 is 5.56 Å². The lowest BCUT2D eigenvalue weighted by molar-refractivity contribution is 0.432. The standard InChI is InChI=1S/C10H6N4O2S/c15-9-6(4-11-5-12-9)10-13-8(14-16-10)7-2-1-3-17-7/h1-5H,(H,11,12,15). The lowest BCUT2D eigenvalue weighted by Gasteiger charge is -1.89. The highest BCUT2D eigenvalue weighted by molar-refractivity contribution is 7.13. The molecule has 0 atom stereocenters. The van der Waals surface area contributed by atoms with Gasteiger partial charge in [0.2, 0.25) is 5.82 Å². The first kappa shape index (κ1) is 9.91. The number of nitrogens with zero attached hydrogens (tertiary/aromatic N) is 3. The van der Waals surface area contributed by atoms with E-state index in [0.717, 1.165) is 4.88 Å². The van der Waals surface area contributed by atoms with Crippen molar-refractivity contribution >= 4 is 11.3 Å². The second-order valence-corrected chi connectivity index (χ2v) is 4.14. The van der Waals surface area contributed by atoms with Crippen LogP contribution in [0, 0.1) is 0 Å². The van der Waals surface area contributed by atoms with Crippen molar-refractivity contribution in [2.45, 2.75) is 0 Å². The predicted molar refractivity (Wildman–Crippen MR) is 61.5 cm³/mol. The van der Waals surface area contributed by atoms with Gasteiger partial charge in [-0.05, 0) is 11.4 Å². The molecular weight excluding hydrogens is 240 g/mol. The Bertz CT molecular complexity index is 686. The van der Waals surface area contributed by atoms with Crippen LogP contribution >= 0.6 is 11.3 Å². The third-order valence-electron chi connectivity index (χ3n) is 2.12. The Labute approximate surface area is 99.0 Å². The van der Waals surface area contributed by atoms with E-state index in [-0.39, 0.29) is 17.0 Å². The van der Waals surface area contributed by atoms with E-state index >= 15 is 0 Å². The Morgan fingerprint density at radius 3 is 3.12 bits per heavy atom. The minimum Gasteiger partial charge on any atom is -0.333 e. The third kappa shape index (κ3) is 1.76. The van der Waals surface area contributed by atoms with E-state index in [9.17, 15) is 4.79 Å². The minimum absolute atomic E-state index is 0.169. The van der Waals surface area contributed by atoms with Crippen molar-refractivity contribution in [3.63, 3.8) is 0 Å². The average Bonchev–Trinajstić information content (AvgIpc) is 3.00. The van der Waals surface area contributed by atoms with Gasteiger partial charge in [0.05, 0.1) is 11.2 Å². The molecule has 0 unspecified atom stereocenters. The van der Waals surface area contributed by atoms with Gasteiger partial charge >= 0.3 is 0 Å². The second kappa shape index (κ2) is 3.95. The zero-order chi connectivity index (χ0) is 11.7. The molecular formula is C10H6N4O2S. The zero-order valence-corrected chi connectivity index (χ0v) is 9.27. The summed E-state index contributed by atoms with van der Waals surface area (Å²) >= 11 is 1.50. The number of aromatic nitrogens is 4. The normalized spacial score (nSPS) is 10.6. The lowest BCUT2D eigenvalue weighted by Crippen LogP contribution is -2.08. The fraction of sp³-hybridized carbons (Fsp3) is 0. The molecule has 0 aliphatic rings. The Hall–Kier alpha value is -2.28. The summed E-state index contributed by atoms with van der Waals surface area (Å²) in [6.45, 7) is 0. The second-order valence-electron chi connectivity index (χ2n) is 3.19. The van der Waals surface area contributed by atoms with E-state index in [1.807, 2.05) is 17.5 Å². The van der Waals surface area contributed by atoms with Crippen LogP contribution in [0.4, 0.5) is 0 Å². The summed E-state index contributed by atoms with van der Waals surface area (Å²) in [7, 11) is 0. The smallest absolute Gasteiger partial charge is 0.265 e. The molecule has 0 saturated heterocycles. The monoisotopic (exact) mass is 246 g/mol. The molecule has 0 fully saturated rings. The van der Waals surface area contributed by atoms with Crippen LogP contribution in [0.2, 0.25) is 0 Å². The maximum atomic E-state index is 11.5. The van der Waals surface area contributed by atoms with Gasteiger partial charge in [-0.15, -0.1) is 11.3 Å². The molecule has 0 radical (unpaired) electrons. The van der Waals surface area contributed by atoms with Crippen LogP contribution in [0.25, 0.3) is 22.2 Å². The van der Waals surface area contributed by atoms with E-state index in [0.29, 0.717) is 5.82 Å². The van der Waals surface area contributed by atoms with E-state index in [1.54, 1.807) is 0 Å². The van der Waals surface area contributed by atoms with Crippen molar-refractivity contribution in [1.82, 2.24) is 20.1 Å². The van der Waals surface area contributed by atoms with Crippen LogP contribution in [-0.2, 0) is 0 Å². The van der Waals surface area contributed by atoms with Crippen molar-refractivity contribution in [2.24, 2.45) is 0 Å². The highest BCUT2D eigenvalue weighted by Crippen LogP contribution is 2.23. The molecule has 3 heterocycles. The summed E-state index contributed by atoms with van der Waals surface area (Å²) in [5, 5.41) is 5.74. The summed E-state index contributed by atoms with van der Waals surface area (Å²) in [4.78, 5) is 22.8. The number of hydrogen-bond donors (Lipinski definition) is 1. The van der Waals surface area contributed by atoms with E-state index < -0.39 is 0 Å². The van der Waals surface area contributed by atoms with Crippen LogP contribution in [0.1, 0.15) is 0 Å². The molecule has 0 amide bonds. The molecule has 0 bridgehead atoms. The Kier molecular flexibility index (Phi) is 2.30. The highest BCUT2D eigenvalue weighted by Gasteiger charge is 2.13. The summed E-state index contributed by atoms with van der Waals surface area (Å²) in [6, 6.07) is 3.78. The van der Waals surface area contributed by atoms with Crippen molar-refractivity contribution in [3.8, 4) is 22.2 Å². The molecule has 84 valence electrons. The molecule has 0 aliphatic heterocycles. The highest BCUT2D eigenvalue weighted by atomic mass is 32.1. The van der Waals surface area contributed by atoms with Gasteiger partial charge in [0.15, 0.2) is 0 Å². The summed E-state index contributed by atoms with van der Waals surface area (Å²) in [6.07, 6.45) is 2.70. The fourth-order valence-electron chi connectivity index (χ4n) is 1.34. The first-order valence-electron chi connectivity index (χ1n) is 4.75. The number of rotatable bonds is 2. The average molecular weight is 246 g/mol. The van der Waals surface area contributed by atoms with Crippen LogP contribution in [0.3, 0.4) is 0 Å². The van der Waals surface area contributed by atoms with E-state index in [4.69, 9.17) is 4.52 Å². The molecule has 17 heavy (non-hydrogen) atoms. The molecule has 0 saturated carbocycles. The molecule has 7 heteroatoms. The molecule has 3 aromatic heterocycles. The number of aromatic amines is 1. The van der Waals surface area contributed by atoms with Crippen LogP contribution in [0.15, 0.2) is 39.4 Å². The quantitative estimate of drug-likeness (QED) is 0.741. The van der Waals surface area contributed by atoms with Crippen molar-refractivity contribution < 1.29 is 4.52 Å². The van der Waals surface area contributed by atoms with E-state index in [2.05, 4.69) is 20.1 Å². The lowest BCUT2D eigenvalue weighted by atomic mass is 10.3. The molecule has 0 aromatic carbocycles. The maximum absolute atomic E-state index is 11.5. The number of H-pyrrole nitrogens is 1. The summed E-state index contributed by atoms with van der Waals surface area (Å²) < 4.78 is 5.04. The third-order valence-corrected chi connectivity index (χ3v) is 2.98.